The molecule has 0 bridgehead atoms. The second-order valence-electron chi connectivity index (χ2n) is 6.06. The summed E-state index contributed by atoms with van der Waals surface area (Å²) in [6, 6.07) is 12.2. The Morgan fingerprint density at radius 3 is 2.44 bits per heavy atom. The van der Waals surface area contributed by atoms with E-state index in [2.05, 4.69) is 10.6 Å². The third kappa shape index (κ3) is 3.69. The molecule has 2 amide bonds. The molecule has 8 nitrogen and oxygen atoms in total. The first-order valence-electron chi connectivity index (χ1n) is 8.30. The lowest BCUT2D eigenvalue weighted by molar-refractivity contribution is -0.117. The van der Waals surface area contributed by atoms with Crippen LogP contribution in [-0.2, 0) is 23.2 Å². The van der Waals surface area contributed by atoms with Gasteiger partial charge in [0.05, 0.1) is 23.8 Å². The molecule has 0 saturated heterocycles. The Balaban J connectivity index is 1.84. The van der Waals surface area contributed by atoms with E-state index in [0.717, 1.165) is 5.52 Å². The maximum atomic E-state index is 12.5. The number of nitrogens with one attached hydrogen (secondary N) is 2. The number of para-hydroxylation sites is 2. The largest absolute Gasteiger partial charge is 0.495 e. The van der Waals surface area contributed by atoms with Crippen molar-refractivity contribution in [3.05, 3.63) is 52.9 Å². The van der Waals surface area contributed by atoms with Crippen molar-refractivity contribution < 1.29 is 14.3 Å². The predicted molar refractivity (Wildman–Crippen MR) is 103 cm³/mol. The minimum atomic E-state index is -0.354. The molecule has 1 aromatic heterocycles. The average Bonchev–Trinajstić information content (AvgIpc) is 2.87. The normalized spacial score (nSPS) is 10.6. The van der Waals surface area contributed by atoms with E-state index < -0.39 is 0 Å². The lowest BCUT2D eigenvalue weighted by Crippen LogP contribution is -2.28. The molecule has 1 heterocycles. The number of benzene rings is 2. The smallest absolute Gasteiger partial charge is 0.329 e. The highest BCUT2D eigenvalue weighted by molar-refractivity contribution is 5.95. The minimum Gasteiger partial charge on any atom is -0.495 e. The van der Waals surface area contributed by atoms with Crippen LogP contribution in [0, 0.1) is 0 Å². The molecule has 3 aromatic rings. The van der Waals surface area contributed by atoms with Crippen molar-refractivity contribution in [1.29, 1.82) is 0 Å². The Labute approximate surface area is 155 Å². The zero-order valence-corrected chi connectivity index (χ0v) is 15.3. The number of methoxy groups -OCH3 is 1. The molecule has 8 heteroatoms. The summed E-state index contributed by atoms with van der Waals surface area (Å²) in [6.45, 7) is 1.26. The minimum absolute atomic E-state index is 0.123. The lowest BCUT2D eigenvalue weighted by atomic mass is 10.2. The van der Waals surface area contributed by atoms with Gasteiger partial charge in [-0.25, -0.2) is 4.79 Å². The molecule has 2 aromatic carbocycles. The van der Waals surface area contributed by atoms with E-state index in [1.165, 1.54) is 23.2 Å². The highest BCUT2D eigenvalue weighted by Gasteiger charge is 2.14. The number of hydrogen-bond acceptors (Lipinski definition) is 4. The van der Waals surface area contributed by atoms with Crippen LogP contribution in [0.2, 0.25) is 0 Å². The number of ether oxygens (including phenoxy) is 1. The highest BCUT2D eigenvalue weighted by Crippen LogP contribution is 2.27. The molecular formula is C19H20N4O4. The molecule has 0 aliphatic carbocycles. The van der Waals surface area contributed by atoms with Crippen LogP contribution < -0.4 is 21.1 Å². The number of carbonyl (C=O) groups excluding carboxylic acids is 2. The van der Waals surface area contributed by atoms with Crippen LogP contribution >= 0.6 is 0 Å². The number of fused-ring (bicyclic) bond motifs is 1. The molecule has 0 spiro atoms. The van der Waals surface area contributed by atoms with Gasteiger partial charge in [0.2, 0.25) is 11.8 Å². The number of aryl methyl sites for hydroxylation is 1. The second-order valence-corrected chi connectivity index (χ2v) is 6.06. The van der Waals surface area contributed by atoms with Crippen molar-refractivity contribution in [3.63, 3.8) is 0 Å². The van der Waals surface area contributed by atoms with E-state index >= 15 is 0 Å². The van der Waals surface area contributed by atoms with Crippen LogP contribution in [-0.4, -0.2) is 28.1 Å². The van der Waals surface area contributed by atoms with Crippen molar-refractivity contribution in [2.24, 2.45) is 7.05 Å². The van der Waals surface area contributed by atoms with Crippen LogP contribution in [0.25, 0.3) is 11.0 Å². The van der Waals surface area contributed by atoms with Crippen molar-refractivity contribution in [2.45, 2.75) is 13.5 Å². The van der Waals surface area contributed by atoms with E-state index in [0.29, 0.717) is 22.6 Å². The van der Waals surface area contributed by atoms with Crippen molar-refractivity contribution in [1.82, 2.24) is 9.13 Å². The molecule has 0 unspecified atom stereocenters. The van der Waals surface area contributed by atoms with Crippen molar-refractivity contribution >= 4 is 34.2 Å². The van der Waals surface area contributed by atoms with Crippen LogP contribution in [0.3, 0.4) is 0 Å². The summed E-state index contributed by atoms with van der Waals surface area (Å²) >= 11 is 0. The summed E-state index contributed by atoms with van der Waals surface area (Å²) in [5, 5.41) is 5.39. The maximum Gasteiger partial charge on any atom is 0.329 e. The standard InChI is InChI=1S/C19H20N4O4/c1-12(24)20-14-10-13(8-9-17(14)27-3)21-18(25)11-23-16-7-5-4-6-15(16)22(2)19(23)26/h4-10H,11H2,1-3H3,(H,20,24)(H,21,25). The first-order chi connectivity index (χ1) is 12.9. The van der Waals surface area contributed by atoms with E-state index in [1.807, 2.05) is 18.2 Å². The van der Waals surface area contributed by atoms with Gasteiger partial charge in [-0.1, -0.05) is 12.1 Å². The van der Waals surface area contributed by atoms with Gasteiger partial charge in [-0.05, 0) is 30.3 Å². The Bertz CT molecular complexity index is 1080. The molecule has 0 radical (unpaired) electrons. The van der Waals surface area contributed by atoms with Crippen molar-refractivity contribution in [2.75, 3.05) is 17.7 Å². The lowest BCUT2D eigenvalue weighted by Gasteiger charge is -2.12. The first kappa shape index (κ1) is 18.2. The Morgan fingerprint density at radius 1 is 1.07 bits per heavy atom. The Morgan fingerprint density at radius 2 is 1.78 bits per heavy atom. The summed E-state index contributed by atoms with van der Waals surface area (Å²) in [6.07, 6.45) is 0. The summed E-state index contributed by atoms with van der Waals surface area (Å²) < 4.78 is 8.12. The van der Waals surface area contributed by atoms with Gasteiger partial charge >= 0.3 is 5.69 Å². The molecular weight excluding hydrogens is 348 g/mol. The Kier molecular flexibility index (Phi) is 4.98. The summed E-state index contributed by atoms with van der Waals surface area (Å²) in [7, 11) is 3.16. The molecule has 140 valence electrons. The third-order valence-electron chi connectivity index (χ3n) is 4.15. The number of imidazole rings is 1. The number of nitrogens with zero attached hydrogens (tertiary/aromatic N) is 2. The van der Waals surface area contributed by atoms with Crippen molar-refractivity contribution in [3.8, 4) is 5.75 Å². The summed E-state index contributed by atoms with van der Waals surface area (Å²) in [4.78, 5) is 36.2. The number of aromatic nitrogens is 2. The summed E-state index contributed by atoms with van der Waals surface area (Å²) in [5.74, 6) is -0.125. The summed E-state index contributed by atoms with van der Waals surface area (Å²) in [5.41, 5.74) is 2.12. The average molecular weight is 368 g/mol. The van der Waals surface area contributed by atoms with Crippen LogP contribution in [0.5, 0.6) is 5.75 Å². The second kappa shape index (κ2) is 7.36. The van der Waals surface area contributed by atoms with Gasteiger partial charge in [0.15, 0.2) is 0 Å². The number of carbonyl (C=O) groups is 2. The van der Waals surface area contributed by atoms with E-state index in [1.54, 1.807) is 31.3 Å². The van der Waals surface area contributed by atoms with E-state index in [4.69, 9.17) is 4.74 Å². The number of rotatable bonds is 5. The van der Waals surface area contributed by atoms with Gasteiger partial charge in [-0.2, -0.15) is 0 Å². The van der Waals surface area contributed by atoms with Gasteiger partial charge in [0.25, 0.3) is 0 Å². The highest BCUT2D eigenvalue weighted by atomic mass is 16.5. The van der Waals surface area contributed by atoms with Crippen LogP contribution in [0.15, 0.2) is 47.3 Å². The predicted octanol–water partition coefficient (Wildman–Crippen LogP) is 1.95. The molecule has 3 rings (SSSR count). The van der Waals surface area contributed by atoms with Crippen LogP contribution in [0.1, 0.15) is 6.92 Å². The molecule has 0 atom stereocenters. The van der Waals surface area contributed by atoms with E-state index in [-0.39, 0.29) is 24.0 Å². The zero-order valence-electron chi connectivity index (χ0n) is 15.3. The molecule has 0 aliphatic rings. The molecule has 0 fully saturated rings. The Hall–Kier alpha value is -3.55. The molecule has 0 aliphatic heterocycles. The van der Waals surface area contributed by atoms with Gasteiger partial charge in [-0.3, -0.25) is 18.7 Å². The van der Waals surface area contributed by atoms with Gasteiger partial charge in [-0.15, -0.1) is 0 Å². The van der Waals surface area contributed by atoms with E-state index in [9.17, 15) is 14.4 Å². The topological polar surface area (TPSA) is 94.4 Å². The van der Waals surface area contributed by atoms with Gasteiger partial charge in [0.1, 0.15) is 12.3 Å². The monoisotopic (exact) mass is 368 g/mol. The third-order valence-corrected chi connectivity index (χ3v) is 4.15. The fourth-order valence-corrected chi connectivity index (χ4v) is 2.93. The number of anilines is 2. The SMILES string of the molecule is COc1ccc(NC(=O)Cn2c(=O)n(C)c3ccccc32)cc1NC(C)=O. The molecule has 2 N–H and O–H groups in total. The quantitative estimate of drug-likeness (QED) is 0.720. The van der Waals surface area contributed by atoms with Gasteiger partial charge < -0.3 is 15.4 Å². The number of amides is 2. The van der Waals surface area contributed by atoms with Gasteiger partial charge in [0, 0.05) is 19.7 Å². The first-order valence-corrected chi connectivity index (χ1v) is 8.30. The zero-order chi connectivity index (χ0) is 19.6. The molecule has 0 saturated carbocycles. The maximum absolute atomic E-state index is 12.5. The molecule has 27 heavy (non-hydrogen) atoms. The van der Waals surface area contributed by atoms with Crippen LogP contribution in [0.4, 0.5) is 11.4 Å². The fraction of sp³-hybridized carbons (Fsp3) is 0.211. The number of hydrogen-bond donors (Lipinski definition) is 2. The fourth-order valence-electron chi connectivity index (χ4n) is 2.93.